The lowest BCUT2D eigenvalue weighted by Crippen LogP contribution is -2.67. The molecule has 1 amide bonds. The van der Waals surface area contributed by atoms with Crippen LogP contribution in [-0.4, -0.2) is 87.2 Å². The zero-order valence-corrected chi connectivity index (χ0v) is 42.0. The number of ether oxygens (including phenoxy) is 4. The number of nitrogens with one attached hydrogen (secondary N) is 2. The molecular formula is C51H74N6O13. The van der Waals surface area contributed by atoms with Crippen LogP contribution in [0.25, 0.3) is 10.4 Å². The van der Waals surface area contributed by atoms with Crippen molar-refractivity contribution in [1.82, 2.24) is 14.9 Å². The molecule has 1 saturated heterocycles. The van der Waals surface area contributed by atoms with E-state index < -0.39 is 66.3 Å². The molecular weight excluding hydrogens is 905 g/mol. The minimum atomic E-state index is -1.93. The molecule has 19 heteroatoms. The van der Waals surface area contributed by atoms with Gasteiger partial charge >= 0.3 is 29.6 Å². The molecule has 0 spiro atoms. The van der Waals surface area contributed by atoms with Crippen LogP contribution in [0.15, 0.2) is 33.1 Å². The zero-order valence-electron chi connectivity index (χ0n) is 42.0. The van der Waals surface area contributed by atoms with Crippen molar-refractivity contribution < 1.29 is 53.1 Å². The standard InChI is InChI=1S/C51H74N6O13/c1-28(2)30-16-21-51(27-67-39(61)15-14-36(58)53-25-41(63)70-45(65)43-32(55-56-52)24-37(69-43)57-26-29(3)44(64)54-46(57)66)23-22-49(7)31(42(30)51)12-13-34-48(6)19-18-35(68-40(62)11-9-10-38(59)60)47(4,5)33(48)17-20-50(34,49)8/h26,30-35,37,42-43,45,65H,1,9-25,27H2,2-8H3,(H,53,58)(H,59,60)(H,54,64,66)/t30-,31+,32-,33-,34+,35-,37+,42+,43-,45?,48-,49+,50+,51+/m0/s1. The van der Waals surface area contributed by atoms with Gasteiger partial charge in [0.25, 0.3) is 5.56 Å². The van der Waals surface area contributed by atoms with E-state index >= 15 is 0 Å². The van der Waals surface area contributed by atoms with Gasteiger partial charge in [-0.3, -0.25) is 38.3 Å². The summed E-state index contributed by atoms with van der Waals surface area (Å²) in [5, 5.41) is 25.8. The first-order valence-electron chi connectivity index (χ1n) is 25.3. The number of aryl methyl sites for hydroxylation is 1. The number of fused-ring (bicyclic) bond motifs is 7. The molecule has 5 saturated carbocycles. The van der Waals surface area contributed by atoms with E-state index in [2.05, 4.69) is 68.4 Å². The van der Waals surface area contributed by atoms with E-state index in [0.29, 0.717) is 23.7 Å². The molecule has 4 N–H and O–H groups in total. The number of rotatable bonds is 17. The summed E-state index contributed by atoms with van der Waals surface area (Å²) in [4.78, 5) is 92.0. The number of aromatic nitrogens is 2. The van der Waals surface area contributed by atoms with Gasteiger partial charge in [-0.2, -0.15) is 0 Å². The van der Waals surface area contributed by atoms with Crippen LogP contribution in [0.3, 0.4) is 0 Å². The predicted octanol–water partition coefficient (Wildman–Crippen LogP) is 6.94. The minimum Gasteiger partial charge on any atom is -0.481 e. The molecule has 1 aromatic rings. The Morgan fingerprint density at radius 2 is 1.69 bits per heavy atom. The van der Waals surface area contributed by atoms with Crippen LogP contribution < -0.4 is 16.6 Å². The second-order valence-corrected chi connectivity index (χ2v) is 23.0. The maximum absolute atomic E-state index is 13.4. The van der Waals surface area contributed by atoms with Gasteiger partial charge in [0.05, 0.1) is 19.1 Å². The Kier molecular flexibility index (Phi) is 15.3. The van der Waals surface area contributed by atoms with Crippen LogP contribution in [0.4, 0.5) is 0 Å². The molecule has 70 heavy (non-hydrogen) atoms. The summed E-state index contributed by atoms with van der Waals surface area (Å²) in [7, 11) is 0. The van der Waals surface area contributed by atoms with Crippen molar-refractivity contribution in [2.24, 2.45) is 61.8 Å². The predicted molar refractivity (Wildman–Crippen MR) is 253 cm³/mol. The molecule has 6 fully saturated rings. The summed E-state index contributed by atoms with van der Waals surface area (Å²) in [6.07, 6.45) is 6.45. The molecule has 19 nitrogen and oxygen atoms in total. The van der Waals surface area contributed by atoms with Crippen molar-refractivity contribution >= 4 is 29.8 Å². The van der Waals surface area contributed by atoms with Crippen molar-refractivity contribution in [3.8, 4) is 0 Å². The highest BCUT2D eigenvalue weighted by molar-refractivity contribution is 5.84. The maximum Gasteiger partial charge on any atom is 0.330 e. The fourth-order valence-electron chi connectivity index (χ4n) is 15.4. The number of aromatic amines is 1. The Morgan fingerprint density at radius 1 is 0.943 bits per heavy atom. The summed E-state index contributed by atoms with van der Waals surface area (Å²) < 4.78 is 24.1. The van der Waals surface area contributed by atoms with Gasteiger partial charge < -0.3 is 34.5 Å². The third-order valence-corrected chi connectivity index (χ3v) is 19.1. The number of allylic oxidation sites excluding steroid dienone is 1. The number of azide groups is 1. The number of H-pyrrole nitrogens is 1. The van der Waals surface area contributed by atoms with E-state index in [4.69, 9.17) is 29.6 Å². The number of aliphatic carboxylic acids is 1. The fraction of sp³-hybridized carbons (Fsp3) is 0.784. The van der Waals surface area contributed by atoms with Gasteiger partial charge in [-0.25, -0.2) is 4.79 Å². The third-order valence-electron chi connectivity index (χ3n) is 19.1. The first kappa shape index (κ1) is 52.8. The van der Waals surface area contributed by atoms with Crippen molar-refractivity contribution in [3.63, 3.8) is 0 Å². The molecule has 386 valence electrons. The summed E-state index contributed by atoms with van der Waals surface area (Å²) in [5.41, 5.74) is 8.82. The van der Waals surface area contributed by atoms with Gasteiger partial charge in [-0.15, -0.1) is 0 Å². The van der Waals surface area contributed by atoms with Gasteiger partial charge in [0.15, 0.2) is 0 Å². The Hall–Kier alpha value is -5.00. The Morgan fingerprint density at radius 3 is 2.39 bits per heavy atom. The molecule has 0 radical (unpaired) electrons. The topological polar surface area (TPSA) is 278 Å². The molecule has 0 aromatic carbocycles. The summed E-state index contributed by atoms with van der Waals surface area (Å²) >= 11 is 0. The molecule has 14 atom stereocenters. The van der Waals surface area contributed by atoms with Crippen molar-refractivity contribution in [1.29, 1.82) is 0 Å². The summed E-state index contributed by atoms with van der Waals surface area (Å²) in [6.45, 7) is 19.9. The first-order valence-corrected chi connectivity index (χ1v) is 25.3. The van der Waals surface area contributed by atoms with Crippen molar-refractivity contribution in [2.75, 3.05) is 13.2 Å². The maximum atomic E-state index is 13.4. The minimum absolute atomic E-state index is 0.0382. The summed E-state index contributed by atoms with van der Waals surface area (Å²) in [6, 6.07) is -1.04. The molecule has 1 aliphatic heterocycles. The number of amides is 1. The van der Waals surface area contributed by atoms with E-state index in [1.165, 1.54) is 18.7 Å². The normalized spacial score (nSPS) is 36.4. The van der Waals surface area contributed by atoms with E-state index in [1.54, 1.807) is 0 Å². The van der Waals surface area contributed by atoms with Crippen molar-refractivity contribution in [2.45, 2.75) is 182 Å². The van der Waals surface area contributed by atoms with Crippen LogP contribution in [-0.2, 0) is 42.9 Å². The molecule has 6 aliphatic rings. The van der Waals surface area contributed by atoms with E-state index in [9.17, 15) is 38.7 Å². The van der Waals surface area contributed by atoms with Crippen LogP contribution >= 0.6 is 0 Å². The number of hydrogen-bond donors (Lipinski definition) is 4. The van der Waals surface area contributed by atoms with Gasteiger partial charge in [-0.05, 0) is 136 Å². The van der Waals surface area contributed by atoms with Crippen LogP contribution in [0.2, 0.25) is 0 Å². The van der Waals surface area contributed by atoms with E-state index in [1.807, 2.05) is 0 Å². The average molecular weight is 979 g/mol. The highest BCUT2D eigenvalue weighted by atomic mass is 16.7. The van der Waals surface area contributed by atoms with E-state index in [-0.39, 0.29) is 95.8 Å². The zero-order chi connectivity index (χ0) is 51.1. The molecule has 1 aromatic heterocycles. The second-order valence-electron chi connectivity index (χ2n) is 23.0. The van der Waals surface area contributed by atoms with Gasteiger partial charge in [0.2, 0.25) is 12.2 Å². The summed E-state index contributed by atoms with van der Waals surface area (Å²) in [5.74, 6) is -1.52. The number of carboxylic acids is 1. The lowest BCUT2D eigenvalue weighted by molar-refractivity contribution is -0.252. The lowest BCUT2D eigenvalue weighted by Gasteiger charge is -2.73. The smallest absolute Gasteiger partial charge is 0.330 e. The van der Waals surface area contributed by atoms with Gasteiger partial charge in [-0.1, -0.05) is 51.9 Å². The lowest BCUT2D eigenvalue weighted by atomic mass is 9.32. The monoisotopic (exact) mass is 979 g/mol. The SMILES string of the molecule is C=C(C)[C@@H]1CC[C@]2(COC(=O)CCC(=O)NCC(=O)OC(O)[C@H]3O[C@@H](n4cc(C)c(=O)[nH]c4=O)C[C@@H]3N=[N+]=[N-])CC[C@]3(C)[C@H](CC[C@@H]4[C@@]5(C)CC[C@H](OC(=O)CCCC(=O)O)C(C)(C)[C@@H]5CC[C@]43C)[C@@H]12. The average Bonchev–Trinajstić information content (AvgIpc) is 3.89. The van der Waals surface area contributed by atoms with Gasteiger partial charge in [0.1, 0.15) is 25.0 Å². The van der Waals surface area contributed by atoms with Crippen molar-refractivity contribution in [3.05, 3.63) is 55.2 Å². The Bertz CT molecular complexity index is 2390. The number of hydrogen-bond acceptors (Lipinski definition) is 13. The number of carboxylic acid groups (broad SMARTS) is 1. The molecule has 5 aliphatic carbocycles. The van der Waals surface area contributed by atoms with Crippen LogP contribution in [0, 0.1) is 63.6 Å². The quantitative estimate of drug-likeness (QED) is 0.0235. The molecule has 1 unspecified atom stereocenters. The second kappa shape index (κ2) is 20.2. The Balaban J connectivity index is 0.927. The number of nitrogens with zero attached hydrogens (tertiary/aromatic N) is 4. The largest absolute Gasteiger partial charge is 0.481 e. The number of carbonyl (C=O) groups is 5. The number of aliphatic hydroxyl groups excluding tert-OH is 1. The highest BCUT2D eigenvalue weighted by Crippen LogP contribution is 2.77. The van der Waals surface area contributed by atoms with Crippen LogP contribution in [0.1, 0.15) is 156 Å². The Labute approximate surface area is 408 Å². The third kappa shape index (κ3) is 9.82. The molecule has 7 rings (SSSR count). The number of aliphatic hydroxyl groups is 1. The number of esters is 3. The van der Waals surface area contributed by atoms with Crippen LogP contribution in [0.5, 0.6) is 0 Å². The molecule has 2 heterocycles. The fourth-order valence-corrected chi connectivity index (χ4v) is 15.4. The first-order chi connectivity index (χ1) is 32.9. The molecule has 0 bridgehead atoms. The van der Waals surface area contributed by atoms with Gasteiger partial charge in [0, 0.05) is 53.2 Å². The number of carbonyl (C=O) groups excluding carboxylic acids is 4. The highest BCUT2D eigenvalue weighted by Gasteiger charge is 2.71. The van der Waals surface area contributed by atoms with E-state index in [0.717, 1.165) is 68.8 Å².